The maximum absolute atomic E-state index is 13.8. The van der Waals surface area contributed by atoms with Gasteiger partial charge < -0.3 is 19.9 Å². The lowest BCUT2D eigenvalue weighted by Crippen LogP contribution is -2.21. The minimum absolute atomic E-state index is 0.0923. The van der Waals surface area contributed by atoms with Crippen molar-refractivity contribution >= 4 is 17.3 Å². The van der Waals surface area contributed by atoms with Gasteiger partial charge in [-0.25, -0.2) is 4.98 Å². The van der Waals surface area contributed by atoms with Gasteiger partial charge in [-0.05, 0) is 55.2 Å². The summed E-state index contributed by atoms with van der Waals surface area (Å²) < 4.78 is 55.1. The highest BCUT2D eigenvalue weighted by Crippen LogP contribution is 2.34. The van der Waals surface area contributed by atoms with Gasteiger partial charge in [-0.15, -0.1) is 0 Å². The number of methoxy groups -OCH3 is 2. The van der Waals surface area contributed by atoms with E-state index < -0.39 is 24.8 Å². The molecule has 0 saturated heterocycles. The molecule has 0 radical (unpaired) electrons. The van der Waals surface area contributed by atoms with Crippen LogP contribution in [-0.2, 0) is 0 Å². The van der Waals surface area contributed by atoms with Crippen molar-refractivity contribution in [2.45, 2.75) is 31.9 Å². The van der Waals surface area contributed by atoms with Gasteiger partial charge in [0.25, 0.3) is 5.56 Å². The summed E-state index contributed by atoms with van der Waals surface area (Å²) >= 11 is 6.28. The number of ether oxygens (including phenoxy) is 3. The molecule has 2 N–H and O–H groups in total. The van der Waals surface area contributed by atoms with Crippen molar-refractivity contribution in [1.82, 2.24) is 14.5 Å². The highest BCUT2D eigenvalue weighted by atomic mass is 35.5. The molecule has 39 heavy (non-hydrogen) atoms. The molecule has 8 nitrogen and oxygen atoms in total. The predicted octanol–water partition coefficient (Wildman–Crippen LogP) is 5.84. The van der Waals surface area contributed by atoms with Crippen LogP contribution in [0.4, 0.5) is 13.2 Å². The van der Waals surface area contributed by atoms with E-state index in [-0.39, 0.29) is 28.2 Å². The lowest BCUT2D eigenvalue weighted by molar-refractivity contribution is -0.139. The Bertz CT molecular complexity index is 1480. The fraction of sp³-hybridized carbons (Fsp3) is 0.296. The summed E-state index contributed by atoms with van der Waals surface area (Å²) in [5.41, 5.74) is 8.63. The Morgan fingerprint density at radius 1 is 1.13 bits per heavy atom. The average Bonchev–Trinajstić information content (AvgIpc) is 2.87. The third-order valence-corrected chi connectivity index (χ3v) is 6.29. The zero-order chi connectivity index (χ0) is 28.2. The monoisotopic (exact) mass is 562 g/mol. The van der Waals surface area contributed by atoms with Gasteiger partial charge in [0.2, 0.25) is 5.88 Å². The van der Waals surface area contributed by atoms with Gasteiger partial charge in [0.15, 0.2) is 0 Å². The van der Waals surface area contributed by atoms with E-state index in [0.717, 1.165) is 24.8 Å². The second-order valence-electron chi connectivity index (χ2n) is 8.73. The van der Waals surface area contributed by atoms with Crippen molar-refractivity contribution in [3.05, 3.63) is 69.9 Å². The lowest BCUT2D eigenvalue weighted by atomic mass is 9.91. The first-order valence-electron chi connectivity index (χ1n) is 12.0. The van der Waals surface area contributed by atoms with E-state index in [2.05, 4.69) is 9.97 Å². The van der Waals surface area contributed by atoms with E-state index >= 15 is 0 Å². The molecule has 0 atom stereocenters. The van der Waals surface area contributed by atoms with Crippen LogP contribution in [0.15, 0.2) is 59.3 Å². The van der Waals surface area contributed by atoms with Gasteiger partial charge >= 0.3 is 12.2 Å². The summed E-state index contributed by atoms with van der Waals surface area (Å²) in [7, 11) is 2.86. The van der Waals surface area contributed by atoms with Gasteiger partial charge in [0.05, 0.1) is 38.5 Å². The number of rotatable bonds is 9. The second-order valence-corrected chi connectivity index (χ2v) is 9.17. The molecule has 12 heteroatoms. The van der Waals surface area contributed by atoms with Crippen LogP contribution in [0, 0.1) is 0 Å². The highest BCUT2D eigenvalue weighted by Gasteiger charge is 2.27. The van der Waals surface area contributed by atoms with E-state index in [1.165, 1.54) is 49.4 Å². The summed E-state index contributed by atoms with van der Waals surface area (Å²) in [4.78, 5) is 22.2. The molecule has 1 aliphatic rings. The number of allylic oxidation sites excluding steroid dienone is 3. The molecule has 2 aromatic heterocycles. The van der Waals surface area contributed by atoms with Crippen LogP contribution in [0.2, 0.25) is 5.02 Å². The Morgan fingerprint density at radius 2 is 1.90 bits per heavy atom. The van der Waals surface area contributed by atoms with Crippen molar-refractivity contribution < 1.29 is 27.4 Å². The number of hydrogen-bond acceptors (Lipinski definition) is 7. The van der Waals surface area contributed by atoms with Gasteiger partial charge in [0, 0.05) is 34.7 Å². The fourth-order valence-electron chi connectivity index (χ4n) is 3.95. The normalized spacial score (nSPS) is 13.6. The van der Waals surface area contributed by atoms with Gasteiger partial charge in [0.1, 0.15) is 5.75 Å². The number of aromatic nitrogens is 3. The number of pyridine rings is 1. The summed E-state index contributed by atoms with van der Waals surface area (Å²) in [6, 6.07) is 6.07. The average molecular weight is 563 g/mol. The molecule has 206 valence electrons. The molecule has 0 bridgehead atoms. The van der Waals surface area contributed by atoms with Gasteiger partial charge in [-0.3, -0.25) is 9.36 Å². The molecular weight excluding hydrogens is 537 g/mol. The minimum atomic E-state index is -4.37. The van der Waals surface area contributed by atoms with E-state index in [1.807, 2.05) is 6.08 Å². The number of hydrogen-bond donors (Lipinski definition) is 1. The molecule has 1 aliphatic carbocycles. The molecule has 1 fully saturated rings. The van der Waals surface area contributed by atoms with Crippen LogP contribution in [0.3, 0.4) is 0 Å². The van der Waals surface area contributed by atoms with Gasteiger partial charge in [-0.1, -0.05) is 17.2 Å². The number of nitrogens with two attached hydrogens (primary N) is 1. The van der Waals surface area contributed by atoms with Crippen LogP contribution in [0.1, 0.15) is 25.7 Å². The van der Waals surface area contributed by atoms with Crippen molar-refractivity contribution in [3.63, 3.8) is 0 Å². The molecule has 0 amide bonds. The molecule has 0 unspecified atom stereocenters. The Balaban J connectivity index is 1.88. The third-order valence-electron chi connectivity index (χ3n) is 6.07. The molecule has 2 heterocycles. The summed E-state index contributed by atoms with van der Waals surface area (Å²) in [6.45, 7) is -0.596. The van der Waals surface area contributed by atoms with Crippen LogP contribution in [0.5, 0.6) is 17.6 Å². The standard InChI is InChI=1S/C27H26ClF3N4O4/c1-37-24-23(14-33-26(34-24)38-2)18-11-22(25(36)35(15-18)20(13-32)8-16-4-3-5-16)17-9-19(28)12-21(10-17)39-7-6-27(29,30)31/h8-15H,3-7,32H2,1-2H3/b20-13+. The van der Waals surface area contributed by atoms with Gasteiger partial charge in [-0.2, -0.15) is 18.2 Å². The molecule has 1 aromatic carbocycles. The second kappa shape index (κ2) is 11.8. The summed E-state index contributed by atoms with van der Waals surface area (Å²) in [6.07, 6.45) is 3.67. The Kier molecular flexibility index (Phi) is 8.49. The number of halogens is 4. The lowest BCUT2D eigenvalue weighted by Gasteiger charge is -2.19. The SMILES string of the molecule is COc1ncc(-c2cc(-c3cc(Cl)cc(OCCC(F)(F)F)c3)c(=O)n(/C(C=C3CCC3)=C/N)c2)c(OC)n1. The van der Waals surface area contributed by atoms with Crippen molar-refractivity contribution in [3.8, 4) is 39.9 Å². The Labute approximate surface area is 227 Å². The first-order chi connectivity index (χ1) is 18.6. The van der Waals surface area contributed by atoms with E-state index in [4.69, 9.17) is 31.5 Å². The number of benzene rings is 1. The van der Waals surface area contributed by atoms with E-state index in [0.29, 0.717) is 22.4 Å². The maximum atomic E-state index is 13.8. The third kappa shape index (κ3) is 6.72. The number of alkyl halides is 3. The van der Waals surface area contributed by atoms with Crippen LogP contribution in [-0.4, -0.2) is 41.5 Å². The molecular formula is C27H26ClF3N4O4. The van der Waals surface area contributed by atoms with E-state index in [1.54, 1.807) is 12.3 Å². The van der Waals surface area contributed by atoms with Crippen molar-refractivity contribution in [2.24, 2.45) is 5.73 Å². The van der Waals surface area contributed by atoms with E-state index in [9.17, 15) is 18.0 Å². The maximum Gasteiger partial charge on any atom is 0.392 e. The quantitative estimate of drug-likeness (QED) is 0.349. The molecule has 4 rings (SSSR count). The molecule has 0 spiro atoms. The van der Waals surface area contributed by atoms with Crippen LogP contribution < -0.4 is 25.5 Å². The van der Waals surface area contributed by atoms with Crippen LogP contribution >= 0.6 is 11.6 Å². The van der Waals surface area contributed by atoms with Crippen molar-refractivity contribution in [2.75, 3.05) is 20.8 Å². The topological polar surface area (TPSA) is 101 Å². The predicted molar refractivity (Wildman–Crippen MR) is 142 cm³/mol. The first-order valence-corrected chi connectivity index (χ1v) is 12.3. The largest absolute Gasteiger partial charge is 0.493 e. The molecule has 0 aliphatic heterocycles. The first kappa shape index (κ1) is 28.0. The Hall–Kier alpha value is -3.99. The Morgan fingerprint density at radius 3 is 2.51 bits per heavy atom. The molecule has 3 aromatic rings. The minimum Gasteiger partial charge on any atom is -0.493 e. The molecule has 1 saturated carbocycles. The smallest absolute Gasteiger partial charge is 0.392 e. The summed E-state index contributed by atoms with van der Waals surface area (Å²) in [5.74, 6) is 0.297. The van der Waals surface area contributed by atoms with Crippen molar-refractivity contribution in [1.29, 1.82) is 0 Å². The van der Waals surface area contributed by atoms with Crippen LogP contribution in [0.25, 0.3) is 28.0 Å². The highest BCUT2D eigenvalue weighted by molar-refractivity contribution is 6.31. The number of nitrogens with zero attached hydrogens (tertiary/aromatic N) is 3. The summed E-state index contributed by atoms with van der Waals surface area (Å²) in [5, 5.41) is 0.183. The zero-order valence-corrected chi connectivity index (χ0v) is 22.0. The fourth-order valence-corrected chi connectivity index (χ4v) is 4.17. The zero-order valence-electron chi connectivity index (χ0n) is 21.2.